The van der Waals surface area contributed by atoms with Gasteiger partial charge in [0.1, 0.15) is 17.5 Å². The normalized spacial score (nSPS) is 13.4. The molecule has 312 valence electrons. The lowest BCUT2D eigenvalue weighted by Crippen LogP contribution is -2.47. The quantitative estimate of drug-likeness (QED) is 0.0308. The Morgan fingerprint density at radius 2 is 1.58 bits per heavy atom. The van der Waals surface area contributed by atoms with E-state index >= 15 is 0 Å². The van der Waals surface area contributed by atoms with Gasteiger partial charge in [0.25, 0.3) is 15.9 Å². The van der Waals surface area contributed by atoms with Gasteiger partial charge in [0.05, 0.1) is 64.6 Å². The number of piperazine rings is 1. The molecule has 1 amide bonds. The summed E-state index contributed by atoms with van der Waals surface area (Å²) < 4.78 is 91.0. The van der Waals surface area contributed by atoms with Gasteiger partial charge < -0.3 is 15.0 Å². The maximum atomic E-state index is 14.7. The van der Waals surface area contributed by atoms with E-state index in [-0.39, 0.29) is 40.2 Å². The number of benzene rings is 4. The Bertz CT molecular complexity index is 2640. The number of sulfonamides is 1. The van der Waals surface area contributed by atoms with Gasteiger partial charge in [-0.1, -0.05) is 17.7 Å². The molecule has 0 spiro atoms. The third-order valence-electron chi connectivity index (χ3n) is 9.34. The van der Waals surface area contributed by atoms with Gasteiger partial charge in [0.15, 0.2) is 16.8 Å². The summed E-state index contributed by atoms with van der Waals surface area (Å²) in [5.74, 6) is -3.98. The van der Waals surface area contributed by atoms with Crippen LogP contribution in [0.3, 0.4) is 0 Å². The van der Waals surface area contributed by atoms with Gasteiger partial charge in [-0.3, -0.25) is 24.2 Å². The molecule has 1 aliphatic heterocycles. The predicted molar refractivity (Wildman–Crippen MR) is 227 cm³/mol. The Kier molecular flexibility index (Phi) is 13.6. The molecule has 7 rings (SSSR count). The fourth-order valence-corrected chi connectivity index (χ4v) is 7.90. The van der Waals surface area contributed by atoms with Crippen molar-refractivity contribution in [3.05, 3.63) is 129 Å². The van der Waals surface area contributed by atoms with Crippen LogP contribution in [0.25, 0.3) is 22.2 Å². The number of hydroxylamine groups is 1. The van der Waals surface area contributed by atoms with Crippen molar-refractivity contribution in [3.8, 4) is 11.1 Å². The van der Waals surface area contributed by atoms with E-state index in [1.165, 1.54) is 18.3 Å². The first kappa shape index (κ1) is 42.9. The summed E-state index contributed by atoms with van der Waals surface area (Å²) in [6, 6.07) is 17.4. The molecule has 0 radical (unpaired) electrons. The number of ether oxygens (including phenoxy) is 1. The summed E-state index contributed by atoms with van der Waals surface area (Å²) in [7, 11) is -4.07. The van der Waals surface area contributed by atoms with Gasteiger partial charge >= 0.3 is 0 Å². The van der Waals surface area contributed by atoms with E-state index < -0.39 is 44.9 Å². The fourth-order valence-electron chi connectivity index (χ4n) is 6.18. The average molecular weight is 977 g/mol. The average Bonchev–Trinajstić information content (AvgIpc) is 3.23. The molecule has 1 saturated heterocycles. The van der Waals surface area contributed by atoms with E-state index in [0.29, 0.717) is 57.8 Å². The number of nitrogens with one attached hydrogen (secondary N) is 3. The molecule has 6 aromatic rings. The van der Waals surface area contributed by atoms with E-state index in [9.17, 15) is 30.8 Å². The van der Waals surface area contributed by atoms with Crippen molar-refractivity contribution in [1.82, 2.24) is 25.3 Å². The summed E-state index contributed by atoms with van der Waals surface area (Å²) in [6.07, 6.45) is 3.24. The van der Waals surface area contributed by atoms with E-state index in [4.69, 9.17) is 26.2 Å². The van der Waals surface area contributed by atoms with Crippen LogP contribution >= 0.6 is 34.2 Å². The van der Waals surface area contributed by atoms with Crippen molar-refractivity contribution in [2.24, 2.45) is 0 Å². The summed E-state index contributed by atoms with van der Waals surface area (Å²) in [5.41, 5.74) is 3.88. The van der Waals surface area contributed by atoms with Crippen LogP contribution in [0, 0.1) is 26.8 Å². The van der Waals surface area contributed by atoms with E-state index in [1.807, 2.05) is 40.8 Å². The number of nitrogens with zero attached hydrogens (tertiary/aromatic N) is 5. The van der Waals surface area contributed by atoms with Crippen LogP contribution in [0.15, 0.2) is 96.2 Å². The molecule has 20 heteroatoms. The Labute approximate surface area is 360 Å². The minimum absolute atomic E-state index is 0.0218. The molecule has 0 saturated carbocycles. The molecule has 0 unspecified atom stereocenters. The zero-order chi connectivity index (χ0) is 42.4. The Hall–Kier alpha value is -5.19. The lowest BCUT2D eigenvalue weighted by molar-refractivity contribution is -0.00390. The predicted octanol–water partition coefficient (Wildman–Crippen LogP) is 7.55. The number of hydrogen-bond acceptors (Lipinski definition) is 11. The maximum Gasteiger partial charge on any atom is 0.277 e. The number of halogens is 6. The zero-order valence-electron chi connectivity index (χ0n) is 31.3. The lowest BCUT2D eigenvalue weighted by Gasteiger charge is -2.35. The van der Waals surface area contributed by atoms with Crippen LogP contribution in [0.2, 0.25) is 5.15 Å². The standard InChI is InChI=1S/C40H34ClF4IN8O5S/c41-39-35(52-60(56,57)28-5-2-26(42)3-6-28)20-25(22-48-39)24-1-9-33-34(19-24)49-36(23-47-33)54-13-11-53(12-14-54)15-16-58-17-18-59-51-40(55)29-7-8-30(43)37(45)38(29)50-32-10-4-27(46)21-31(32)44/h1-10,19-23,50,52H,11-18H2,(H,51,55). The summed E-state index contributed by atoms with van der Waals surface area (Å²) in [5, 5.41) is 2.41. The lowest BCUT2D eigenvalue weighted by atomic mass is 10.1. The first-order chi connectivity index (χ1) is 28.8. The van der Waals surface area contributed by atoms with Crippen LogP contribution in [0.5, 0.6) is 0 Å². The van der Waals surface area contributed by atoms with Crippen molar-refractivity contribution in [2.45, 2.75) is 4.90 Å². The van der Waals surface area contributed by atoms with E-state index in [0.717, 1.165) is 49.5 Å². The minimum Gasteiger partial charge on any atom is -0.378 e. The topological polar surface area (TPSA) is 151 Å². The number of carbonyl (C=O) groups is 1. The number of pyridine rings is 1. The van der Waals surface area contributed by atoms with Gasteiger partial charge in [0, 0.05) is 48.1 Å². The van der Waals surface area contributed by atoms with Gasteiger partial charge in [-0.05, 0) is 101 Å². The van der Waals surface area contributed by atoms with E-state index in [2.05, 4.69) is 35.3 Å². The number of fused-ring (bicyclic) bond motifs is 1. The molecule has 13 nitrogen and oxygen atoms in total. The highest BCUT2D eigenvalue weighted by Crippen LogP contribution is 2.31. The smallest absolute Gasteiger partial charge is 0.277 e. The molecule has 3 heterocycles. The highest BCUT2D eigenvalue weighted by molar-refractivity contribution is 14.1. The maximum absolute atomic E-state index is 14.7. The summed E-state index contributed by atoms with van der Waals surface area (Å²) >= 11 is 8.16. The monoisotopic (exact) mass is 976 g/mol. The molecule has 4 aromatic carbocycles. The first-order valence-electron chi connectivity index (χ1n) is 18.2. The van der Waals surface area contributed by atoms with Gasteiger partial charge in [0.2, 0.25) is 0 Å². The number of carbonyl (C=O) groups excluding carboxylic acids is 1. The number of hydrogen-bond donors (Lipinski definition) is 3. The van der Waals surface area contributed by atoms with Gasteiger partial charge in [-0.15, -0.1) is 0 Å². The van der Waals surface area contributed by atoms with Crippen LogP contribution in [-0.4, -0.2) is 86.7 Å². The van der Waals surface area contributed by atoms with Crippen LogP contribution in [0.1, 0.15) is 10.4 Å². The molecule has 1 aliphatic rings. The molecule has 60 heavy (non-hydrogen) atoms. The molecule has 3 N–H and O–H groups in total. The molecular weight excluding hydrogens is 943 g/mol. The number of amides is 1. The van der Waals surface area contributed by atoms with Crippen molar-refractivity contribution >= 4 is 84.0 Å². The van der Waals surface area contributed by atoms with E-state index in [1.54, 1.807) is 18.3 Å². The second-order valence-electron chi connectivity index (χ2n) is 13.3. The van der Waals surface area contributed by atoms with Crippen LogP contribution < -0.4 is 20.4 Å². The Morgan fingerprint density at radius 3 is 2.35 bits per heavy atom. The third kappa shape index (κ3) is 10.4. The fraction of sp³-hybridized carbons (Fsp3) is 0.200. The molecular formula is C40H34ClF4IN8O5S. The van der Waals surface area contributed by atoms with Crippen molar-refractivity contribution in [2.75, 3.05) is 67.5 Å². The Morgan fingerprint density at radius 1 is 0.800 bits per heavy atom. The SMILES string of the molecule is O=C(NOCCOCCN1CCN(c2cnc3ccc(-c4cnc(Cl)c(NS(=O)(=O)c5ccc(F)cc5)c4)cc3n2)CC1)c1ccc(F)c(F)c1Nc1ccc(I)cc1F. The summed E-state index contributed by atoms with van der Waals surface area (Å²) in [6.45, 7) is 4.00. The Balaban J connectivity index is 0.867. The number of anilines is 4. The zero-order valence-corrected chi connectivity index (χ0v) is 35.0. The van der Waals surface area contributed by atoms with Crippen molar-refractivity contribution < 1.29 is 40.3 Å². The molecule has 0 bridgehead atoms. The molecule has 1 fully saturated rings. The summed E-state index contributed by atoms with van der Waals surface area (Å²) in [4.78, 5) is 35.8. The highest BCUT2D eigenvalue weighted by Gasteiger charge is 2.22. The van der Waals surface area contributed by atoms with Crippen LogP contribution in [0.4, 0.5) is 40.4 Å². The first-order valence-corrected chi connectivity index (χ1v) is 21.2. The third-order valence-corrected chi connectivity index (χ3v) is 11.7. The highest BCUT2D eigenvalue weighted by atomic mass is 127. The second kappa shape index (κ2) is 19.0. The second-order valence-corrected chi connectivity index (χ2v) is 16.6. The molecule has 0 atom stereocenters. The van der Waals surface area contributed by atoms with Crippen molar-refractivity contribution in [1.29, 1.82) is 0 Å². The molecule has 0 aliphatic carbocycles. The largest absolute Gasteiger partial charge is 0.378 e. The van der Waals surface area contributed by atoms with Crippen LogP contribution in [-0.2, 0) is 19.6 Å². The number of aromatic nitrogens is 3. The number of rotatable bonds is 15. The minimum atomic E-state index is -4.07. The van der Waals surface area contributed by atoms with Gasteiger partial charge in [-0.25, -0.2) is 41.4 Å². The van der Waals surface area contributed by atoms with Crippen molar-refractivity contribution in [3.63, 3.8) is 0 Å². The molecule has 2 aromatic heterocycles. The van der Waals surface area contributed by atoms with Gasteiger partial charge in [-0.2, -0.15) is 0 Å².